The van der Waals surface area contributed by atoms with Gasteiger partial charge >= 0.3 is 0 Å². The second kappa shape index (κ2) is 3.38. The van der Waals surface area contributed by atoms with E-state index in [0.717, 1.165) is 6.42 Å². The van der Waals surface area contributed by atoms with Gasteiger partial charge in [-0.3, -0.25) is 0 Å². The van der Waals surface area contributed by atoms with Gasteiger partial charge in [-0.05, 0) is 31.4 Å². The van der Waals surface area contributed by atoms with Gasteiger partial charge in [0.2, 0.25) is 0 Å². The molecule has 0 heterocycles. The first-order valence-electron chi connectivity index (χ1n) is 3.89. The van der Waals surface area contributed by atoms with Crippen molar-refractivity contribution in [3.8, 4) is 0 Å². The largest absolute Gasteiger partial charge is 0.0998 e. The monoisotopic (exact) mass is 146 g/mol. The predicted molar refractivity (Wildman–Crippen MR) is 49.7 cm³/mol. The lowest BCUT2D eigenvalue weighted by Crippen LogP contribution is -1.88. The standard InChI is InChI=1S/C11H14/c1-9(2)8-11-7-5-4-6-10(11)3/h4-7H,1,8H2,2-3H3. The summed E-state index contributed by atoms with van der Waals surface area (Å²) in [6, 6.07) is 8.44. The van der Waals surface area contributed by atoms with Gasteiger partial charge in [0.25, 0.3) is 0 Å². The molecule has 0 spiro atoms. The van der Waals surface area contributed by atoms with E-state index in [1.165, 1.54) is 16.7 Å². The number of rotatable bonds is 2. The maximum atomic E-state index is 3.89. The van der Waals surface area contributed by atoms with E-state index in [2.05, 4.69) is 44.7 Å². The van der Waals surface area contributed by atoms with Crippen LogP contribution >= 0.6 is 0 Å². The van der Waals surface area contributed by atoms with Crippen LogP contribution in [0.1, 0.15) is 18.1 Å². The van der Waals surface area contributed by atoms with Crippen molar-refractivity contribution in [1.82, 2.24) is 0 Å². The zero-order valence-corrected chi connectivity index (χ0v) is 7.22. The van der Waals surface area contributed by atoms with E-state index in [9.17, 15) is 0 Å². The van der Waals surface area contributed by atoms with Crippen LogP contribution in [0.4, 0.5) is 0 Å². The Morgan fingerprint density at radius 2 is 2.00 bits per heavy atom. The van der Waals surface area contributed by atoms with Crippen molar-refractivity contribution in [2.24, 2.45) is 0 Å². The van der Waals surface area contributed by atoms with Crippen LogP contribution in [-0.2, 0) is 6.42 Å². The van der Waals surface area contributed by atoms with E-state index in [0.29, 0.717) is 0 Å². The lowest BCUT2D eigenvalue weighted by Gasteiger charge is -2.03. The van der Waals surface area contributed by atoms with E-state index >= 15 is 0 Å². The third-order valence-electron chi connectivity index (χ3n) is 1.75. The third-order valence-corrected chi connectivity index (χ3v) is 1.75. The molecule has 0 bridgehead atoms. The highest BCUT2D eigenvalue weighted by atomic mass is 14.0. The summed E-state index contributed by atoms with van der Waals surface area (Å²) in [4.78, 5) is 0. The van der Waals surface area contributed by atoms with Gasteiger partial charge in [0, 0.05) is 0 Å². The minimum atomic E-state index is 1.01. The molecule has 0 aliphatic rings. The lowest BCUT2D eigenvalue weighted by atomic mass is 10.0. The molecule has 0 unspecified atom stereocenters. The second-order valence-corrected chi connectivity index (χ2v) is 3.06. The lowest BCUT2D eigenvalue weighted by molar-refractivity contribution is 1.13. The molecule has 58 valence electrons. The van der Waals surface area contributed by atoms with Crippen LogP contribution in [0.3, 0.4) is 0 Å². The highest BCUT2D eigenvalue weighted by Crippen LogP contribution is 2.10. The number of hydrogen-bond acceptors (Lipinski definition) is 0. The average molecular weight is 146 g/mol. The van der Waals surface area contributed by atoms with Crippen LogP contribution in [0.2, 0.25) is 0 Å². The summed E-state index contributed by atoms with van der Waals surface area (Å²) in [5.74, 6) is 0. The molecular weight excluding hydrogens is 132 g/mol. The van der Waals surface area contributed by atoms with Crippen molar-refractivity contribution in [3.05, 3.63) is 47.5 Å². The molecule has 0 fully saturated rings. The minimum Gasteiger partial charge on any atom is -0.0998 e. The maximum absolute atomic E-state index is 3.89. The Hall–Kier alpha value is -1.04. The van der Waals surface area contributed by atoms with Gasteiger partial charge in [0.05, 0.1) is 0 Å². The molecule has 0 nitrogen and oxygen atoms in total. The van der Waals surface area contributed by atoms with E-state index in [-0.39, 0.29) is 0 Å². The molecule has 0 radical (unpaired) electrons. The molecule has 11 heavy (non-hydrogen) atoms. The zero-order valence-electron chi connectivity index (χ0n) is 7.22. The van der Waals surface area contributed by atoms with Crippen molar-refractivity contribution in [2.75, 3.05) is 0 Å². The quantitative estimate of drug-likeness (QED) is 0.562. The summed E-state index contributed by atoms with van der Waals surface area (Å²) >= 11 is 0. The highest BCUT2D eigenvalue weighted by Gasteiger charge is 1.95. The first-order valence-corrected chi connectivity index (χ1v) is 3.89. The fourth-order valence-corrected chi connectivity index (χ4v) is 1.13. The average Bonchev–Trinajstić information content (AvgIpc) is 1.93. The SMILES string of the molecule is C=C(C)Cc1ccccc1C. The van der Waals surface area contributed by atoms with Crippen LogP contribution in [-0.4, -0.2) is 0 Å². The molecule has 0 aliphatic carbocycles. The summed E-state index contributed by atoms with van der Waals surface area (Å²) in [5.41, 5.74) is 3.97. The van der Waals surface area contributed by atoms with Crippen molar-refractivity contribution in [3.63, 3.8) is 0 Å². The number of benzene rings is 1. The van der Waals surface area contributed by atoms with Crippen LogP contribution in [0.15, 0.2) is 36.4 Å². The van der Waals surface area contributed by atoms with E-state index < -0.39 is 0 Å². The first kappa shape index (κ1) is 8.06. The molecule has 0 saturated heterocycles. The molecule has 0 aliphatic heterocycles. The normalized spacial score (nSPS) is 9.64. The maximum Gasteiger partial charge on any atom is -0.00700 e. The van der Waals surface area contributed by atoms with Gasteiger partial charge in [-0.2, -0.15) is 0 Å². The summed E-state index contributed by atoms with van der Waals surface area (Å²) in [5, 5.41) is 0. The smallest absolute Gasteiger partial charge is 0.00700 e. The van der Waals surface area contributed by atoms with Crippen LogP contribution in [0.25, 0.3) is 0 Å². The van der Waals surface area contributed by atoms with Crippen molar-refractivity contribution in [1.29, 1.82) is 0 Å². The Balaban J connectivity index is 2.86. The van der Waals surface area contributed by atoms with Crippen molar-refractivity contribution >= 4 is 0 Å². The summed E-state index contributed by atoms with van der Waals surface area (Å²) in [6.45, 7) is 8.09. The third kappa shape index (κ3) is 2.23. The summed E-state index contributed by atoms with van der Waals surface area (Å²) < 4.78 is 0. The molecule has 0 aromatic heterocycles. The fourth-order valence-electron chi connectivity index (χ4n) is 1.13. The molecule has 0 heteroatoms. The number of allylic oxidation sites excluding steroid dienone is 1. The van der Waals surface area contributed by atoms with Crippen LogP contribution in [0.5, 0.6) is 0 Å². The van der Waals surface area contributed by atoms with Crippen LogP contribution in [0, 0.1) is 6.92 Å². The Morgan fingerprint density at radius 3 is 2.55 bits per heavy atom. The van der Waals surface area contributed by atoms with Crippen molar-refractivity contribution in [2.45, 2.75) is 20.3 Å². The highest BCUT2D eigenvalue weighted by molar-refractivity contribution is 5.28. The van der Waals surface area contributed by atoms with Crippen LogP contribution < -0.4 is 0 Å². The molecule has 1 rings (SSSR count). The Morgan fingerprint density at radius 1 is 1.36 bits per heavy atom. The topological polar surface area (TPSA) is 0 Å². The van der Waals surface area contributed by atoms with E-state index in [4.69, 9.17) is 0 Å². The van der Waals surface area contributed by atoms with Gasteiger partial charge in [-0.15, -0.1) is 0 Å². The second-order valence-electron chi connectivity index (χ2n) is 3.06. The molecular formula is C11H14. The Labute approximate surface area is 68.6 Å². The zero-order chi connectivity index (χ0) is 8.27. The van der Waals surface area contributed by atoms with E-state index in [1.807, 2.05) is 0 Å². The summed E-state index contributed by atoms with van der Waals surface area (Å²) in [6.07, 6.45) is 1.01. The number of aryl methyl sites for hydroxylation is 1. The molecule has 0 saturated carbocycles. The predicted octanol–water partition coefficient (Wildman–Crippen LogP) is 3.11. The molecule has 1 aromatic carbocycles. The van der Waals surface area contributed by atoms with Gasteiger partial charge in [0.15, 0.2) is 0 Å². The molecule has 0 N–H and O–H groups in total. The summed E-state index contributed by atoms with van der Waals surface area (Å²) in [7, 11) is 0. The van der Waals surface area contributed by atoms with Gasteiger partial charge in [0.1, 0.15) is 0 Å². The molecule has 0 atom stereocenters. The minimum absolute atomic E-state index is 1.01. The Bertz CT molecular complexity index is 258. The fraction of sp³-hybridized carbons (Fsp3) is 0.273. The number of hydrogen-bond donors (Lipinski definition) is 0. The van der Waals surface area contributed by atoms with Gasteiger partial charge in [-0.1, -0.05) is 36.4 Å². The van der Waals surface area contributed by atoms with E-state index in [1.54, 1.807) is 0 Å². The molecule has 1 aromatic rings. The van der Waals surface area contributed by atoms with Gasteiger partial charge < -0.3 is 0 Å². The first-order chi connectivity index (χ1) is 5.20. The van der Waals surface area contributed by atoms with Crippen molar-refractivity contribution < 1.29 is 0 Å². The molecule has 0 amide bonds. The van der Waals surface area contributed by atoms with Gasteiger partial charge in [-0.25, -0.2) is 0 Å². The Kier molecular flexibility index (Phi) is 2.48.